The maximum Gasteiger partial charge on any atom is 0.309 e. The van der Waals surface area contributed by atoms with Crippen molar-refractivity contribution < 1.29 is 19.4 Å². The van der Waals surface area contributed by atoms with Gasteiger partial charge in [-0.05, 0) is 44.8 Å². The minimum absolute atomic E-state index is 0.00585. The van der Waals surface area contributed by atoms with Crippen LogP contribution in [0.5, 0.6) is 0 Å². The zero-order valence-corrected chi connectivity index (χ0v) is 20.3. The van der Waals surface area contributed by atoms with Crippen molar-refractivity contribution in [2.45, 2.75) is 91.8 Å². The SMILES string of the molecule is C/C(=C\c1csc(C)n1)[C@@H]1C/C=C/CCCCC[C@H](C)C(=O)C(C)(C)[C@@H](O)CC(=O)O1. The zero-order valence-electron chi connectivity index (χ0n) is 19.5. The topological polar surface area (TPSA) is 76.5 Å². The van der Waals surface area contributed by atoms with Crippen molar-refractivity contribution in [2.75, 3.05) is 0 Å². The molecule has 6 heteroatoms. The first-order valence-electron chi connectivity index (χ1n) is 11.3. The highest BCUT2D eigenvalue weighted by Gasteiger charge is 2.39. The van der Waals surface area contributed by atoms with Gasteiger partial charge in [0.15, 0.2) is 0 Å². The second-order valence-electron chi connectivity index (χ2n) is 9.21. The number of cyclic esters (lactones) is 1. The van der Waals surface area contributed by atoms with Gasteiger partial charge in [-0.3, -0.25) is 9.59 Å². The van der Waals surface area contributed by atoms with E-state index in [1.807, 2.05) is 32.2 Å². The van der Waals surface area contributed by atoms with E-state index >= 15 is 0 Å². The molecule has 2 heterocycles. The number of aliphatic hydroxyl groups is 1. The molecule has 0 saturated heterocycles. The Hall–Kier alpha value is -1.79. The lowest BCUT2D eigenvalue weighted by Crippen LogP contribution is -2.42. The summed E-state index contributed by atoms with van der Waals surface area (Å²) in [5.41, 5.74) is 0.768. The molecule has 0 fully saturated rings. The summed E-state index contributed by atoms with van der Waals surface area (Å²) in [5.74, 6) is -0.622. The summed E-state index contributed by atoms with van der Waals surface area (Å²) in [6.45, 7) is 9.26. The number of allylic oxidation sites excluding steroid dienone is 1. The third-order valence-electron chi connectivity index (χ3n) is 6.09. The van der Waals surface area contributed by atoms with Gasteiger partial charge in [-0.2, -0.15) is 0 Å². The van der Waals surface area contributed by atoms with Crippen LogP contribution in [0.1, 0.15) is 83.3 Å². The van der Waals surface area contributed by atoms with Crippen molar-refractivity contribution in [2.24, 2.45) is 11.3 Å². The summed E-state index contributed by atoms with van der Waals surface area (Å²) < 4.78 is 5.76. The standard InChI is InChI=1S/C25H37NO4S/c1-17-12-10-8-6-7-9-11-13-21(18(2)14-20-16-31-19(3)26-20)30-23(28)15-22(27)25(4,5)24(17)29/h9,11,14,16-17,21-22,27H,6-8,10,12-13,15H2,1-5H3/b11-9+,18-14+/t17-,21-,22-/m0/s1. The van der Waals surface area contributed by atoms with Crippen molar-refractivity contribution in [3.05, 3.63) is 33.8 Å². The maximum absolute atomic E-state index is 12.9. The normalized spacial score (nSPS) is 28.2. The van der Waals surface area contributed by atoms with E-state index in [4.69, 9.17) is 4.74 Å². The van der Waals surface area contributed by atoms with Crippen molar-refractivity contribution in [3.63, 3.8) is 0 Å². The van der Waals surface area contributed by atoms with Gasteiger partial charge >= 0.3 is 5.97 Å². The van der Waals surface area contributed by atoms with Crippen LogP contribution in [0.15, 0.2) is 23.1 Å². The van der Waals surface area contributed by atoms with Crippen LogP contribution in [-0.2, 0) is 14.3 Å². The van der Waals surface area contributed by atoms with E-state index in [1.54, 1.807) is 25.2 Å². The number of aromatic nitrogens is 1. The number of esters is 1. The summed E-state index contributed by atoms with van der Waals surface area (Å²) in [6.07, 6.45) is 9.94. The zero-order chi connectivity index (χ0) is 23.0. The molecule has 0 aromatic carbocycles. The number of carbonyl (C=O) groups excluding carboxylic acids is 2. The molecule has 1 N–H and O–H groups in total. The second kappa shape index (κ2) is 11.7. The lowest BCUT2D eigenvalue weighted by molar-refractivity contribution is -0.153. The molecule has 1 aromatic heterocycles. The van der Waals surface area contributed by atoms with Crippen LogP contribution >= 0.6 is 11.3 Å². The van der Waals surface area contributed by atoms with Crippen molar-refractivity contribution in [1.29, 1.82) is 0 Å². The number of aryl methyl sites for hydroxylation is 1. The van der Waals surface area contributed by atoms with E-state index in [2.05, 4.69) is 17.1 Å². The minimum Gasteiger partial charge on any atom is -0.457 e. The van der Waals surface area contributed by atoms with Gasteiger partial charge < -0.3 is 9.84 Å². The quantitative estimate of drug-likeness (QED) is 0.468. The molecule has 0 aliphatic carbocycles. The van der Waals surface area contributed by atoms with Crippen LogP contribution in [-0.4, -0.2) is 34.1 Å². The molecule has 0 spiro atoms. The first-order chi connectivity index (χ1) is 14.6. The molecule has 1 aliphatic rings. The Kier molecular flexibility index (Phi) is 9.63. The third-order valence-corrected chi connectivity index (χ3v) is 6.89. The Morgan fingerprint density at radius 1 is 1.26 bits per heavy atom. The van der Waals surface area contributed by atoms with Crippen molar-refractivity contribution in [3.8, 4) is 0 Å². The second-order valence-corrected chi connectivity index (χ2v) is 10.3. The maximum atomic E-state index is 12.9. The lowest BCUT2D eigenvalue weighted by atomic mass is 9.75. The Morgan fingerprint density at radius 2 is 2.00 bits per heavy atom. The highest BCUT2D eigenvalue weighted by atomic mass is 32.1. The molecule has 1 aromatic rings. The first-order valence-corrected chi connectivity index (χ1v) is 12.2. The molecule has 5 nitrogen and oxygen atoms in total. The van der Waals surface area contributed by atoms with Gasteiger partial charge in [-0.15, -0.1) is 11.3 Å². The van der Waals surface area contributed by atoms with Crippen molar-refractivity contribution >= 4 is 29.2 Å². The molecule has 0 bridgehead atoms. The molecular weight excluding hydrogens is 410 g/mol. The average molecular weight is 448 g/mol. The Balaban J connectivity index is 2.21. The molecule has 3 atom stereocenters. The number of aliphatic hydroxyl groups excluding tert-OH is 1. The fraction of sp³-hybridized carbons (Fsp3) is 0.640. The molecule has 0 saturated carbocycles. The fourth-order valence-corrected chi connectivity index (χ4v) is 4.45. The Labute approximate surface area is 190 Å². The highest BCUT2D eigenvalue weighted by molar-refractivity contribution is 7.09. The number of rotatable bonds is 2. The molecule has 2 rings (SSSR count). The smallest absolute Gasteiger partial charge is 0.309 e. The van der Waals surface area contributed by atoms with Crippen LogP contribution in [0.25, 0.3) is 6.08 Å². The summed E-state index contributed by atoms with van der Waals surface area (Å²) >= 11 is 1.58. The number of ether oxygens (including phenoxy) is 1. The molecule has 0 radical (unpaired) electrons. The van der Waals surface area contributed by atoms with E-state index in [9.17, 15) is 14.7 Å². The van der Waals surface area contributed by atoms with Gasteiger partial charge in [-0.25, -0.2) is 4.98 Å². The molecule has 1 aliphatic heterocycles. The van der Waals surface area contributed by atoms with Gasteiger partial charge in [-0.1, -0.05) is 45.8 Å². The molecule has 31 heavy (non-hydrogen) atoms. The average Bonchev–Trinajstić information content (AvgIpc) is 3.11. The van der Waals surface area contributed by atoms with Gasteiger partial charge in [0.2, 0.25) is 0 Å². The lowest BCUT2D eigenvalue weighted by Gasteiger charge is -2.31. The summed E-state index contributed by atoms with van der Waals surface area (Å²) in [7, 11) is 0. The van der Waals surface area contributed by atoms with Crippen molar-refractivity contribution in [1.82, 2.24) is 4.98 Å². The van der Waals surface area contributed by atoms with E-state index in [-0.39, 0.29) is 18.1 Å². The highest BCUT2D eigenvalue weighted by Crippen LogP contribution is 2.30. The van der Waals surface area contributed by atoms with E-state index in [0.29, 0.717) is 6.42 Å². The molecule has 0 amide bonds. The Bertz CT molecular complexity index is 808. The number of carbonyl (C=O) groups is 2. The van der Waals surface area contributed by atoms with E-state index < -0.39 is 23.6 Å². The van der Waals surface area contributed by atoms with Crippen LogP contribution < -0.4 is 0 Å². The molecule has 172 valence electrons. The van der Waals surface area contributed by atoms with Crippen LogP contribution in [0.4, 0.5) is 0 Å². The molecular formula is C25H37NO4S. The number of thiazole rings is 1. The number of Topliss-reactive ketones (excluding diaryl/α,β-unsaturated/α-hetero) is 1. The fourth-order valence-electron chi connectivity index (χ4n) is 3.88. The van der Waals surface area contributed by atoms with Gasteiger partial charge in [0.25, 0.3) is 0 Å². The third kappa shape index (κ3) is 7.69. The Morgan fingerprint density at radius 3 is 2.68 bits per heavy atom. The monoisotopic (exact) mass is 447 g/mol. The summed E-state index contributed by atoms with van der Waals surface area (Å²) in [4.78, 5) is 30.1. The minimum atomic E-state index is -1.08. The van der Waals surface area contributed by atoms with Gasteiger partial charge in [0.05, 0.1) is 28.6 Å². The first kappa shape index (κ1) is 25.5. The number of ketones is 1. The number of hydrogen-bond acceptors (Lipinski definition) is 6. The van der Waals surface area contributed by atoms with Gasteiger partial charge in [0.1, 0.15) is 11.9 Å². The number of hydrogen-bond donors (Lipinski definition) is 1. The van der Waals surface area contributed by atoms with Crippen LogP contribution in [0.3, 0.4) is 0 Å². The predicted molar refractivity (Wildman–Crippen MR) is 126 cm³/mol. The van der Waals surface area contributed by atoms with Gasteiger partial charge in [0, 0.05) is 17.7 Å². The summed E-state index contributed by atoms with van der Waals surface area (Å²) in [5, 5.41) is 13.7. The predicted octanol–water partition coefficient (Wildman–Crippen LogP) is 5.66. The van der Waals surface area contributed by atoms with E-state index in [0.717, 1.165) is 48.4 Å². The summed E-state index contributed by atoms with van der Waals surface area (Å²) in [6, 6.07) is 0. The van der Waals surface area contributed by atoms with Crippen LogP contribution in [0.2, 0.25) is 0 Å². The van der Waals surface area contributed by atoms with Crippen LogP contribution in [0, 0.1) is 18.3 Å². The number of nitrogens with zero attached hydrogens (tertiary/aromatic N) is 1. The van der Waals surface area contributed by atoms with E-state index in [1.165, 1.54) is 0 Å². The molecule has 0 unspecified atom stereocenters. The largest absolute Gasteiger partial charge is 0.457 e.